The summed E-state index contributed by atoms with van der Waals surface area (Å²) in [6, 6.07) is 0. The van der Waals surface area contributed by atoms with E-state index in [0.717, 1.165) is 0 Å². The van der Waals surface area contributed by atoms with E-state index in [2.05, 4.69) is 0 Å². The van der Waals surface area contributed by atoms with Gasteiger partial charge >= 0.3 is 11.9 Å². The van der Waals surface area contributed by atoms with Crippen LogP contribution in [0.2, 0.25) is 0 Å². The molecule has 0 atom stereocenters. The van der Waals surface area contributed by atoms with E-state index in [9.17, 15) is 14.4 Å². The van der Waals surface area contributed by atoms with Gasteiger partial charge in [-0.15, -0.1) is 0 Å². The highest BCUT2D eigenvalue weighted by molar-refractivity contribution is 6.00. The van der Waals surface area contributed by atoms with Gasteiger partial charge in [0.15, 0.2) is 5.41 Å². The van der Waals surface area contributed by atoms with Gasteiger partial charge in [-0.25, -0.2) is 0 Å². The highest BCUT2D eigenvalue weighted by Crippen LogP contribution is 2.36. The number of carbonyl (C=O) groups is 3. The molecule has 0 unspecified atom stereocenters. The third-order valence-electron chi connectivity index (χ3n) is 3.14. The highest BCUT2D eigenvalue weighted by atomic mass is 16.6. The summed E-state index contributed by atoms with van der Waals surface area (Å²) >= 11 is 0. The number of ether oxygens (including phenoxy) is 2. The minimum Gasteiger partial charge on any atom is -0.465 e. The summed E-state index contributed by atoms with van der Waals surface area (Å²) in [6.07, 6.45) is 0.271. The van der Waals surface area contributed by atoms with Gasteiger partial charge in [-0.3, -0.25) is 9.59 Å². The van der Waals surface area contributed by atoms with Crippen molar-refractivity contribution in [3.05, 3.63) is 0 Å². The predicted molar refractivity (Wildman–Crippen MR) is 70.5 cm³/mol. The lowest BCUT2D eigenvalue weighted by Crippen LogP contribution is -2.46. The minimum atomic E-state index is -1.39. The fraction of sp³-hybridized carbons (Fsp3) is 0.786. The van der Waals surface area contributed by atoms with E-state index < -0.39 is 17.4 Å². The van der Waals surface area contributed by atoms with Crippen LogP contribution >= 0.6 is 0 Å². The Hall–Kier alpha value is -1.39. The van der Waals surface area contributed by atoms with Crippen LogP contribution in [0.1, 0.15) is 47.5 Å². The molecule has 0 N–H and O–H groups in total. The lowest BCUT2D eigenvalue weighted by molar-refractivity contribution is -0.176. The van der Waals surface area contributed by atoms with Crippen molar-refractivity contribution < 1.29 is 23.9 Å². The summed E-state index contributed by atoms with van der Waals surface area (Å²) in [4.78, 5) is 35.6. The molecule has 0 bridgehead atoms. The first-order valence-corrected chi connectivity index (χ1v) is 6.66. The van der Waals surface area contributed by atoms with E-state index in [0.29, 0.717) is 0 Å². The molecule has 0 fully saturated rings. The standard InChI is InChI=1S/C14H24O5/c1-6-18-12(16)14(10(3)4,9-8-11(5)15)13(17)19-7-2/h10H,6-9H2,1-5H3. The zero-order valence-electron chi connectivity index (χ0n) is 12.4. The molecule has 0 aliphatic heterocycles. The van der Waals surface area contributed by atoms with Crippen molar-refractivity contribution >= 4 is 17.7 Å². The summed E-state index contributed by atoms with van der Waals surface area (Å²) in [5, 5.41) is 0. The third-order valence-corrected chi connectivity index (χ3v) is 3.14. The molecule has 0 aromatic rings. The highest BCUT2D eigenvalue weighted by Gasteiger charge is 2.51. The number of rotatable bonds is 8. The molecule has 5 heteroatoms. The molecule has 0 radical (unpaired) electrons. The molecule has 0 aliphatic rings. The Morgan fingerprint density at radius 2 is 1.42 bits per heavy atom. The predicted octanol–water partition coefficient (Wildman–Crippen LogP) is 2.12. The smallest absolute Gasteiger partial charge is 0.323 e. The van der Waals surface area contributed by atoms with Crippen LogP contribution in [0.15, 0.2) is 0 Å². The molecule has 0 amide bonds. The number of carbonyl (C=O) groups excluding carboxylic acids is 3. The number of ketones is 1. The van der Waals surface area contributed by atoms with Crippen LogP contribution < -0.4 is 0 Å². The van der Waals surface area contributed by atoms with Crippen molar-refractivity contribution in [2.45, 2.75) is 47.5 Å². The van der Waals surface area contributed by atoms with Gasteiger partial charge in [0, 0.05) is 6.42 Å². The summed E-state index contributed by atoms with van der Waals surface area (Å²) in [6.45, 7) is 8.68. The average molecular weight is 272 g/mol. The van der Waals surface area contributed by atoms with E-state index in [4.69, 9.17) is 9.47 Å². The van der Waals surface area contributed by atoms with Gasteiger partial charge in [-0.05, 0) is 33.1 Å². The zero-order valence-corrected chi connectivity index (χ0v) is 12.4. The molecular weight excluding hydrogens is 248 g/mol. The number of hydrogen-bond acceptors (Lipinski definition) is 5. The van der Waals surface area contributed by atoms with Crippen LogP contribution in [-0.4, -0.2) is 30.9 Å². The molecule has 0 aromatic carbocycles. The quantitative estimate of drug-likeness (QED) is 0.500. The van der Waals surface area contributed by atoms with E-state index in [-0.39, 0.29) is 37.8 Å². The first-order valence-electron chi connectivity index (χ1n) is 6.66. The SMILES string of the molecule is CCOC(=O)C(CCC(C)=O)(C(=O)OCC)C(C)C. The molecule has 0 aliphatic carbocycles. The molecule has 19 heavy (non-hydrogen) atoms. The molecule has 5 nitrogen and oxygen atoms in total. The Morgan fingerprint density at radius 1 is 1.00 bits per heavy atom. The van der Waals surface area contributed by atoms with Gasteiger partial charge < -0.3 is 14.3 Å². The van der Waals surface area contributed by atoms with Crippen LogP contribution in [0.25, 0.3) is 0 Å². The third kappa shape index (κ3) is 4.33. The fourth-order valence-electron chi connectivity index (χ4n) is 1.94. The molecule has 0 heterocycles. The average Bonchev–Trinajstić information content (AvgIpc) is 2.29. The second-order valence-corrected chi connectivity index (χ2v) is 4.77. The summed E-state index contributed by atoms with van der Waals surface area (Å²) in [5.41, 5.74) is -1.39. The van der Waals surface area contributed by atoms with Crippen LogP contribution in [0.3, 0.4) is 0 Å². The fourth-order valence-corrected chi connectivity index (χ4v) is 1.94. The number of esters is 2. The summed E-state index contributed by atoms with van der Waals surface area (Å²) in [5.74, 6) is -1.59. The second kappa shape index (κ2) is 7.92. The van der Waals surface area contributed by atoms with Crippen LogP contribution in [-0.2, 0) is 23.9 Å². The summed E-state index contributed by atoms with van der Waals surface area (Å²) in [7, 11) is 0. The van der Waals surface area contributed by atoms with E-state index >= 15 is 0 Å². The van der Waals surface area contributed by atoms with Gasteiger partial charge in [0.25, 0.3) is 0 Å². The molecule has 0 aromatic heterocycles. The molecule has 0 saturated carbocycles. The van der Waals surface area contributed by atoms with Crippen molar-refractivity contribution in [1.29, 1.82) is 0 Å². The topological polar surface area (TPSA) is 69.7 Å². The van der Waals surface area contributed by atoms with Gasteiger partial charge in [0.2, 0.25) is 0 Å². The van der Waals surface area contributed by atoms with Crippen molar-refractivity contribution in [1.82, 2.24) is 0 Å². The largest absolute Gasteiger partial charge is 0.465 e. The maximum atomic E-state index is 12.2. The second-order valence-electron chi connectivity index (χ2n) is 4.77. The number of Topliss-reactive ketones (excluding diaryl/α,β-unsaturated/α-hetero) is 1. The van der Waals surface area contributed by atoms with E-state index in [1.54, 1.807) is 27.7 Å². The molecule has 0 spiro atoms. The lowest BCUT2D eigenvalue weighted by atomic mass is 9.73. The van der Waals surface area contributed by atoms with Crippen molar-refractivity contribution in [3.63, 3.8) is 0 Å². The van der Waals surface area contributed by atoms with Crippen LogP contribution in [0.5, 0.6) is 0 Å². The molecule has 0 saturated heterocycles. The maximum Gasteiger partial charge on any atom is 0.323 e. The van der Waals surface area contributed by atoms with E-state index in [1.807, 2.05) is 0 Å². The van der Waals surface area contributed by atoms with Crippen molar-refractivity contribution in [2.75, 3.05) is 13.2 Å². The van der Waals surface area contributed by atoms with Gasteiger partial charge in [-0.1, -0.05) is 13.8 Å². The van der Waals surface area contributed by atoms with Crippen LogP contribution in [0, 0.1) is 11.3 Å². The van der Waals surface area contributed by atoms with Gasteiger partial charge in [0.05, 0.1) is 13.2 Å². The molecule has 110 valence electrons. The Labute approximate surface area is 114 Å². The van der Waals surface area contributed by atoms with Crippen molar-refractivity contribution in [3.8, 4) is 0 Å². The Kier molecular flexibility index (Phi) is 7.34. The normalized spacial score (nSPS) is 11.3. The first-order chi connectivity index (χ1) is 8.82. The van der Waals surface area contributed by atoms with E-state index in [1.165, 1.54) is 6.92 Å². The minimum absolute atomic E-state index is 0.0707. The Balaban J connectivity index is 5.39. The molecule has 0 rings (SSSR count). The Morgan fingerprint density at radius 3 is 1.68 bits per heavy atom. The van der Waals surface area contributed by atoms with Crippen LogP contribution in [0.4, 0.5) is 0 Å². The maximum absolute atomic E-state index is 12.2. The Bertz CT molecular complexity index is 315. The first kappa shape index (κ1) is 17.6. The van der Waals surface area contributed by atoms with Crippen molar-refractivity contribution in [2.24, 2.45) is 11.3 Å². The van der Waals surface area contributed by atoms with Gasteiger partial charge in [-0.2, -0.15) is 0 Å². The summed E-state index contributed by atoms with van der Waals surface area (Å²) < 4.78 is 10.0. The van der Waals surface area contributed by atoms with Gasteiger partial charge in [0.1, 0.15) is 5.78 Å². The number of hydrogen-bond donors (Lipinski definition) is 0. The zero-order chi connectivity index (χ0) is 15.1. The molecular formula is C14H24O5. The lowest BCUT2D eigenvalue weighted by Gasteiger charge is -2.32. The monoisotopic (exact) mass is 272 g/mol.